The van der Waals surface area contributed by atoms with Crippen molar-refractivity contribution in [2.75, 3.05) is 18.4 Å². The molecule has 1 fully saturated rings. The van der Waals surface area contributed by atoms with Gasteiger partial charge in [0.15, 0.2) is 0 Å². The Balaban J connectivity index is 1.37. The van der Waals surface area contributed by atoms with Crippen molar-refractivity contribution in [1.82, 2.24) is 24.6 Å². The second-order valence-corrected chi connectivity index (χ2v) is 6.60. The van der Waals surface area contributed by atoms with Crippen molar-refractivity contribution in [2.24, 2.45) is 0 Å². The molecule has 0 bridgehead atoms. The zero-order valence-corrected chi connectivity index (χ0v) is 13.7. The van der Waals surface area contributed by atoms with Gasteiger partial charge in [-0.05, 0) is 24.8 Å². The van der Waals surface area contributed by atoms with Crippen LogP contribution in [-0.4, -0.2) is 43.6 Å². The topological polar surface area (TPSA) is 75.9 Å². The summed E-state index contributed by atoms with van der Waals surface area (Å²) in [5.74, 6) is 0.818. The molecule has 0 spiro atoms. The third kappa shape index (κ3) is 3.17. The Bertz CT molecular complexity index is 721. The van der Waals surface area contributed by atoms with Crippen molar-refractivity contribution in [3.8, 4) is 0 Å². The summed E-state index contributed by atoms with van der Waals surface area (Å²) < 4.78 is 1.98. The van der Waals surface area contributed by atoms with E-state index in [0.717, 1.165) is 37.3 Å². The quantitative estimate of drug-likeness (QED) is 0.927. The number of nitrogens with one attached hydrogen (secondary N) is 1. The molecule has 1 aliphatic carbocycles. The first-order valence-corrected chi connectivity index (χ1v) is 8.63. The lowest BCUT2D eigenvalue weighted by Crippen LogP contribution is -2.37. The molecule has 7 nitrogen and oxygen atoms in total. The molecule has 0 aromatic carbocycles. The monoisotopic (exact) mass is 326 g/mol. The van der Waals surface area contributed by atoms with Crippen LogP contribution in [0.5, 0.6) is 0 Å². The molecule has 0 atom stereocenters. The van der Waals surface area contributed by atoms with E-state index >= 15 is 0 Å². The molecule has 2 aromatic heterocycles. The molecule has 2 aromatic rings. The molecule has 1 saturated carbocycles. The smallest absolute Gasteiger partial charge is 0.239 e. The standard InChI is InChI=1S/C17H22N6O/c24-17(11-22-8-6-13-9-18-12-19-15(13)10-22)21-16-5-7-20-23(16)14-3-1-2-4-14/h5,7,9,12,14H,1-4,6,8,10-11H2,(H,21,24). The summed E-state index contributed by atoms with van der Waals surface area (Å²) in [6.45, 7) is 1.93. The van der Waals surface area contributed by atoms with E-state index in [-0.39, 0.29) is 5.91 Å². The summed E-state index contributed by atoms with van der Waals surface area (Å²) >= 11 is 0. The van der Waals surface area contributed by atoms with Gasteiger partial charge in [-0.15, -0.1) is 0 Å². The SMILES string of the molecule is O=C(CN1CCc2cncnc2C1)Nc1ccnn1C1CCCC1. The summed E-state index contributed by atoms with van der Waals surface area (Å²) in [6, 6.07) is 2.31. The maximum absolute atomic E-state index is 12.4. The molecule has 0 radical (unpaired) electrons. The van der Waals surface area contributed by atoms with E-state index in [2.05, 4.69) is 25.3 Å². The second-order valence-electron chi connectivity index (χ2n) is 6.60. The Hall–Kier alpha value is -2.28. The van der Waals surface area contributed by atoms with Gasteiger partial charge in [-0.3, -0.25) is 9.69 Å². The molecule has 0 saturated heterocycles. The maximum Gasteiger partial charge on any atom is 0.239 e. The zero-order valence-electron chi connectivity index (χ0n) is 13.7. The first-order chi connectivity index (χ1) is 11.8. The van der Waals surface area contributed by atoms with Crippen LogP contribution in [0.2, 0.25) is 0 Å². The molecule has 3 heterocycles. The summed E-state index contributed by atoms with van der Waals surface area (Å²) in [5.41, 5.74) is 2.22. The lowest BCUT2D eigenvalue weighted by molar-refractivity contribution is -0.117. The minimum atomic E-state index is 0.00672. The van der Waals surface area contributed by atoms with Crippen LogP contribution in [0.15, 0.2) is 24.8 Å². The fraction of sp³-hybridized carbons (Fsp3) is 0.529. The van der Waals surface area contributed by atoms with Gasteiger partial charge in [0.1, 0.15) is 12.1 Å². The predicted molar refractivity (Wildman–Crippen MR) is 89.4 cm³/mol. The van der Waals surface area contributed by atoms with Gasteiger partial charge in [0.05, 0.1) is 24.5 Å². The molecule has 1 amide bonds. The van der Waals surface area contributed by atoms with E-state index in [1.165, 1.54) is 18.4 Å². The normalized spacial score (nSPS) is 18.5. The fourth-order valence-corrected chi connectivity index (χ4v) is 3.68. The predicted octanol–water partition coefficient (Wildman–Crippen LogP) is 1.78. The Kier molecular flexibility index (Phi) is 4.25. The largest absolute Gasteiger partial charge is 0.310 e. The van der Waals surface area contributed by atoms with Crippen LogP contribution in [0.1, 0.15) is 43.0 Å². The number of amides is 1. The number of fused-ring (bicyclic) bond motifs is 1. The number of hydrogen-bond donors (Lipinski definition) is 1. The van der Waals surface area contributed by atoms with Crippen LogP contribution in [0, 0.1) is 0 Å². The van der Waals surface area contributed by atoms with Gasteiger partial charge in [-0.1, -0.05) is 12.8 Å². The van der Waals surface area contributed by atoms with Crippen molar-refractivity contribution >= 4 is 11.7 Å². The average Bonchev–Trinajstić information content (AvgIpc) is 3.25. The van der Waals surface area contributed by atoms with E-state index in [0.29, 0.717) is 19.1 Å². The summed E-state index contributed by atoms with van der Waals surface area (Å²) in [4.78, 5) is 22.9. The van der Waals surface area contributed by atoms with Crippen molar-refractivity contribution in [1.29, 1.82) is 0 Å². The summed E-state index contributed by atoms with van der Waals surface area (Å²) in [7, 11) is 0. The molecular weight excluding hydrogens is 304 g/mol. The van der Waals surface area contributed by atoms with Crippen LogP contribution in [0.4, 0.5) is 5.82 Å². The maximum atomic E-state index is 12.4. The third-order valence-corrected chi connectivity index (χ3v) is 4.93. The molecule has 1 aliphatic heterocycles. The Morgan fingerprint density at radius 3 is 3.08 bits per heavy atom. The van der Waals surface area contributed by atoms with Gasteiger partial charge in [0, 0.05) is 25.4 Å². The van der Waals surface area contributed by atoms with Crippen molar-refractivity contribution in [3.63, 3.8) is 0 Å². The average molecular weight is 326 g/mol. The number of aromatic nitrogens is 4. The first-order valence-electron chi connectivity index (χ1n) is 8.63. The van der Waals surface area contributed by atoms with Crippen LogP contribution in [0.25, 0.3) is 0 Å². The number of carbonyl (C=O) groups is 1. The number of nitrogens with zero attached hydrogens (tertiary/aromatic N) is 5. The highest BCUT2D eigenvalue weighted by Gasteiger charge is 2.22. The minimum Gasteiger partial charge on any atom is -0.310 e. The number of carbonyl (C=O) groups excluding carboxylic acids is 1. The lowest BCUT2D eigenvalue weighted by Gasteiger charge is -2.27. The summed E-state index contributed by atoms with van der Waals surface area (Å²) in [6.07, 6.45) is 10.9. The first kappa shape index (κ1) is 15.3. The van der Waals surface area contributed by atoms with Gasteiger partial charge in [0.25, 0.3) is 0 Å². The Labute approximate surface area is 141 Å². The van der Waals surface area contributed by atoms with E-state index in [1.54, 1.807) is 12.5 Å². The zero-order chi connectivity index (χ0) is 16.4. The van der Waals surface area contributed by atoms with Crippen LogP contribution < -0.4 is 5.32 Å². The highest BCUT2D eigenvalue weighted by atomic mass is 16.2. The number of hydrogen-bond acceptors (Lipinski definition) is 5. The van der Waals surface area contributed by atoms with Gasteiger partial charge < -0.3 is 5.32 Å². The molecule has 4 rings (SSSR count). The molecule has 126 valence electrons. The molecule has 7 heteroatoms. The highest BCUT2D eigenvalue weighted by molar-refractivity contribution is 5.91. The third-order valence-electron chi connectivity index (χ3n) is 4.93. The molecular formula is C17H22N6O. The van der Waals surface area contributed by atoms with Gasteiger partial charge in [-0.2, -0.15) is 5.10 Å². The van der Waals surface area contributed by atoms with E-state index in [4.69, 9.17) is 0 Å². The van der Waals surface area contributed by atoms with Gasteiger partial charge in [-0.25, -0.2) is 14.6 Å². The van der Waals surface area contributed by atoms with Crippen LogP contribution in [-0.2, 0) is 17.8 Å². The second kappa shape index (κ2) is 6.68. The van der Waals surface area contributed by atoms with Crippen LogP contribution in [0.3, 0.4) is 0 Å². The Morgan fingerprint density at radius 1 is 1.33 bits per heavy atom. The highest BCUT2D eigenvalue weighted by Crippen LogP contribution is 2.31. The van der Waals surface area contributed by atoms with Crippen molar-refractivity contribution < 1.29 is 4.79 Å². The lowest BCUT2D eigenvalue weighted by atomic mass is 10.1. The van der Waals surface area contributed by atoms with E-state index < -0.39 is 0 Å². The van der Waals surface area contributed by atoms with E-state index in [1.807, 2.05) is 16.9 Å². The molecule has 0 unspecified atom stereocenters. The Morgan fingerprint density at radius 2 is 2.21 bits per heavy atom. The molecule has 1 N–H and O–H groups in total. The molecule has 2 aliphatic rings. The fourth-order valence-electron chi connectivity index (χ4n) is 3.68. The number of rotatable bonds is 4. The van der Waals surface area contributed by atoms with Gasteiger partial charge in [0.2, 0.25) is 5.91 Å². The van der Waals surface area contributed by atoms with Gasteiger partial charge >= 0.3 is 0 Å². The van der Waals surface area contributed by atoms with Crippen molar-refractivity contribution in [2.45, 2.75) is 44.7 Å². The summed E-state index contributed by atoms with van der Waals surface area (Å²) in [5, 5.41) is 7.43. The van der Waals surface area contributed by atoms with Crippen molar-refractivity contribution in [3.05, 3.63) is 36.0 Å². The van der Waals surface area contributed by atoms with Crippen LogP contribution >= 0.6 is 0 Å². The molecule has 24 heavy (non-hydrogen) atoms. The number of anilines is 1. The van der Waals surface area contributed by atoms with E-state index in [9.17, 15) is 4.79 Å². The minimum absolute atomic E-state index is 0.00672.